The largest absolute Gasteiger partial charge is 0.506 e. The minimum atomic E-state index is -1.10. The van der Waals surface area contributed by atoms with Crippen LogP contribution in [0.4, 0.5) is 5.69 Å². The van der Waals surface area contributed by atoms with E-state index in [4.69, 9.17) is 18.9 Å². The van der Waals surface area contributed by atoms with E-state index in [1.807, 2.05) is 0 Å². The number of hydrogen-bond donors (Lipinski definition) is 1. The van der Waals surface area contributed by atoms with E-state index < -0.39 is 29.5 Å². The Labute approximate surface area is 213 Å². The van der Waals surface area contributed by atoms with E-state index in [-0.39, 0.29) is 33.9 Å². The maximum Gasteiger partial charge on any atom is 0.337 e. The number of esters is 1. The number of aliphatic hydroxyl groups excluding tert-OH is 1. The Hall–Kier alpha value is -4.79. The van der Waals surface area contributed by atoms with Crippen LogP contribution in [0.3, 0.4) is 0 Å². The van der Waals surface area contributed by atoms with Gasteiger partial charge in [0.15, 0.2) is 0 Å². The van der Waals surface area contributed by atoms with E-state index in [1.54, 1.807) is 54.6 Å². The number of Topliss-reactive ketones (excluding diaryl/α,β-unsaturated/α-hetero) is 1. The molecule has 1 fully saturated rings. The van der Waals surface area contributed by atoms with E-state index in [1.165, 1.54) is 45.5 Å². The van der Waals surface area contributed by atoms with Gasteiger partial charge in [0.1, 0.15) is 28.6 Å². The Morgan fingerprint density at radius 3 is 2.03 bits per heavy atom. The van der Waals surface area contributed by atoms with Gasteiger partial charge in [-0.2, -0.15) is 0 Å². The predicted molar refractivity (Wildman–Crippen MR) is 135 cm³/mol. The van der Waals surface area contributed by atoms with Crippen LogP contribution in [0.1, 0.15) is 27.5 Å². The Morgan fingerprint density at radius 1 is 0.811 bits per heavy atom. The Bertz CT molecular complexity index is 1390. The molecule has 0 spiro atoms. The molecule has 3 aromatic carbocycles. The number of ketones is 1. The number of ether oxygens (including phenoxy) is 4. The Kier molecular flexibility index (Phi) is 7.15. The van der Waals surface area contributed by atoms with Crippen molar-refractivity contribution < 1.29 is 38.4 Å². The van der Waals surface area contributed by atoms with Crippen LogP contribution in [0, 0.1) is 0 Å². The van der Waals surface area contributed by atoms with Crippen LogP contribution in [-0.2, 0) is 14.3 Å². The molecule has 1 amide bonds. The molecular weight excluding hydrogens is 478 g/mol. The van der Waals surface area contributed by atoms with Gasteiger partial charge in [0.2, 0.25) is 0 Å². The molecule has 1 aliphatic rings. The summed E-state index contributed by atoms with van der Waals surface area (Å²) in [6, 6.07) is 16.8. The molecule has 1 heterocycles. The number of carbonyl (C=O) groups excluding carboxylic acids is 3. The Balaban J connectivity index is 2.04. The lowest BCUT2D eigenvalue weighted by Gasteiger charge is -2.27. The zero-order valence-corrected chi connectivity index (χ0v) is 20.7. The van der Waals surface area contributed by atoms with Gasteiger partial charge in [-0.1, -0.05) is 30.3 Å². The second-order valence-electron chi connectivity index (χ2n) is 7.99. The number of hydrogen-bond acceptors (Lipinski definition) is 8. The summed E-state index contributed by atoms with van der Waals surface area (Å²) in [6.07, 6.45) is 0. The van der Waals surface area contributed by atoms with Gasteiger partial charge in [-0.3, -0.25) is 14.5 Å². The lowest BCUT2D eigenvalue weighted by molar-refractivity contribution is -0.132. The number of methoxy groups -OCH3 is 4. The summed E-state index contributed by atoms with van der Waals surface area (Å²) in [5.74, 6) is -2.02. The van der Waals surface area contributed by atoms with Crippen LogP contribution >= 0.6 is 0 Å². The number of anilines is 1. The fourth-order valence-electron chi connectivity index (χ4n) is 4.41. The first-order valence-corrected chi connectivity index (χ1v) is 11.2. The maximum atomic E-state index is 13.5. The lowest BCUT2D eigenvalue weighted by atomic mass is 9.93. The summed E-state index contributed by atoms with van der Waals surface area (Å²) >= 11 is 0. The topological polar surface area (TPSA) is 112 Å². The van der Waals surface area contributed by atoms with Crippen LogP contribution in [0.25, 0.3) is 5.76 Å². The van der Waals surface area contributed by atoms with E-state index in [9.17, 15) is 19.5 Å². The summed E-state index contributed by atoms with van der Waals surface area (Å²) in [6.45, 7) is 0. The molecule has 4 rings (SSSR count). The van der Waals surface area contributed by atoms with Gasteiger partial charge in [-0.15, -0.1) is 0 Å². The molecule has 0 aromatic heterocycles. The van der Waals surface area contributed by atoms with Crippen LogP contribution < -0.4 is 19.1 Å². The quantitative estimate of drug-likeness (QED) is 0.222. The second-order valence-corrected chi connectivity index (χ2v) is 7.99. The third-order valence-corrected chi connectivity index (χ3v) is 6.09. The van der Waals surface area contributed by atoms with E-state index in [0.717, 1.165) is 0 Å². The molecule has 9 heteroatoms. The molecular formula is C28H25NO8. The first-order valence-electron chi connectivity index (χ1n) is 11.2. The summed E-state index contributed by atoms with van der Waals surface area (Å²) in [4.78, 5) is 40.5. The molecule has 190 valence electrons. The fraction of sp³-hybridized carbons (Fsp3) is 0.179. The van der Waals surface area contributed by atoms with Crippen molar-refractivity contribution in [2.75, 3.05) is 33.3 Å². The highest BCUT2D eigenvalue weighted by Crippen LogP contribution is 2.47. The van der Waals surface area contributed by atoms with Crippen molar-refractivity contribution in [1.82, 2.24) is 0 Å². The molecule has 0 radical (unpaired) electrons. The summed E-state index contributed by atoms with van der Waals surface area (Å²) in [5, 5.41) is 11.6. The fourth-order valence-corrected chi connectivity index (χ4v) is 4.41. The SMILES string of the molecule is COC(=O)c1cccc(N2C(=O)C(=O)/C(=C(/O)c3c(OC)cccc3OC)C2c2ccccc2OC)c1. The minimum Gasteiger partial charge on any atom is -0.506 e. The molecule has 37 heavy (non-hydrogen) atoms. The van der Waals surface area contributed by atoms with Crippen molar-refractivity contribution in [2.45, 2.75) is 6.04 Å². The highest BCUT2D eigenvalue weighted by molar-refractivity contribution is 6.51. The normalized spacial score (nSPS) is 16.4. The molecule has 1 aliphatic heterocycles. The van der Waals surface area contributed by atoms with Gasteiger partial charge in [0, 0.05) is 11.3 Å². The molecule has 1 saturated heterocycles. The average Bonchev–Trinajstić information content (AvgIpc) is 3.21. The number of aliphatic hydroxyl groups is 1. The number of para-hydroxylation sites is 1. The van der Waals surface area contributed by atoms with E-state index >= 15 is 0 Å². The number of rotatable bonds is 7. The lowest BCUT2D eigenvalue weighted by Crippen LogP contribution is -2.29. The van der Waals surface area contributed by atoms with Crippen LogP contribution in [0.15, 0.2) is 72.3 Å². The van der Waals surface area contributed by atoms with Gasteiger partial charge in [-0.25, -0.2) is 4.79 Å². The third-order valence-electron chi connectivity index (χ3n) is 6.09. The van der Waals surface area contributed by atoms with Gasteiger partial charge >= 0.3 is 5.97 Å². The first-order chi connectivity index (χ1) is 17.9. The first kappa shape index (κ1) is 25.3. The molecule has 1 unspecified atom stereocenters. The van der Waals surface area contributed by atoms with E-state index in [0.29, 0.717) is 11.3 Å². The third kappa shape index (κ3) is 4.35. The number of amides is 1. The average molecular weight is 504 g/mol. The van der Waals surface area contributed by atoms with Crippen LogP contribution in [-0.4, -0.2) is 51.2 Å². The predicted octanol–water partition coefficient (Wildman–Crippen LogP) is 4.13. The summed E-state index contributed by atoms with van der Waals surface area (Å²) in [5.41, 5.74) is 0.816. The number of carbonyl (C=O) groups is 3. The maximum absolute atomic E-state index is 13.5. The standard InChI is InChI=1S/C28H25NO8/c1-34-19-12-6-5-11-18(19)24-23(25(30)22-20(35-2)13-8-14-21(22)36-3)26(31)27(32)29(24)17-10-7-9-16(15-17)28(33)37-4/h5-15,24,30H,1-4H3/b25-23+. The number of benzene rings is 3. The summed E-state index contributed by atoms with van der Waals surface area (Å²) in [7, 11) is 5.54. The molecule has 1 atom stereocenters. The van der Waals surface area contributed by atoms with Crippen LogP contribution in [0.5, 0.6) is 17.2 Å². The molecule has 0 aliphatic carbocycles. The van der Waals surface area contributed by atoms with Crippen LogP contribution in [0.2, 0.25) is 0 Å². The highest BCUT2D eigenvalue weighted by Gasteiger charge is 2.48. The molecule has 0 saturated carbocycles. The Morgan fingerprint density at radius 2 is 1.41 bits per heavy atom. The molecule has 1 N–H and O–H groups in total. The zero-order valence-electron chi connectivity index (χ0n) is 20.7. The van der Waals surface area contributed by atoms with Gasteiger partial charge in [0.25, 0.3) is 11.7 Å². The van der Waals surface area contributed by atoms with Crippen molar-refractivity contribution in [1.29, 1.82) is 0 Å². The van der Waals surface area contributed by atoms with Crippen molar-refractivity contribution in [3.63, 3.8) is 0 Å². The number of nitrogens with zero attached hydrogens (tertiary/aromatic N) is 1. The van der Waals surface area contributed by atoms with Crippen molar-refractivity contribution in [2.24, 2.45) is 0 Å². The van der Waals surface area contributed by atoms with Crippen molar-refractivity contribution >= 4 is 29.1 Å². The zero-order chi connectivity index (χ0) is 26.7. The second kappa shape index (κ2) is 10.4. The monoisotopic (exact) mass is 503 g/mol. The van der Waals surface area contributed by atoms with Gasteiger partial charge in [-0.05, 0) is 36.4 Å². The van der Waals surface area contributed by atoms with Crippen molar-refractivity contribution in [3.8, 4) is 17.2 Å². The van der Waals surface area contributed by atoms with E-state index in [2.05, 4.69) is 0 Å². The molecule has 3 aromatic rings. The highest BCUT2D eigenvalue weighted by atomic mass is 16.5. The van der Waals surface area contributed by atoms with Gasteiger partial charge in [0.05, 0.1) is 45.6 Å². The van der Waals surface area contributed by atoms with Crippen molar-refractivity contribution in [3.05, 3.63) is 89.0 Å². The minimum absolute atomic E-state index is 0.119. The van der Waals surface area contributed by atoms with Gasteiger partial charge < -0.3 is 24.1 Å². The molecule has 0 bridgehead atoms. The molecule has 9 nitrogen and oxygen atoms in total. The summed E-state index contributed by atoms with van der Waals surface area (Å²) < 4.78 is 21.2. The smallest absolute Gasteiger partial charge is 0.337 e.